The molecule has 0 aliphatic rings. The van der Waals surface area contributed by atoms with Crippen LogP contribution in [0, 0.1) is 6.92 Å². The lowest BCUT2D eigenvalue weighted by Gasteiger charge is -2.07. The summed E-state index contributed by atoms with van der Waals surface area (Å²) in [5.41, 5.74) is 4.49. The number of nitrogen functional groups attached to an aromatic ring is 1. The average molecular weight is 541 g/mol. The summed E-state index contributed by atoms with van der Waals surface area (Å²) in [6.45, 7) is 2.07. The van der Waals surface area contributed by atoms with E-state index in [1.54, 1.807) is 29.5 Å². The lowest BCUT2D eigenvalue weighted by Crippen LogP contribution is -2.16. The van der Waals surface area contributed by atoms with Crippen LogP contribution in [0.3, 0.4) is 0 Å². The molecule has 5 aromatic rings. The predicted octanol–water partition coefficient (Wildman–Crippen LogP) is 6.28. The zero-order valence-electron chi connectivity index (χ0n) is 18.3. The van der Waals surface area contributed by atoms with E-state index < -0.39 is 0 Å². The Morgan fingerprint density at radius 2 is 1.89 bits per heavy atom. The Morgan fingerprint density at radius 1 is 1.09 bits per heavy atom. The quantitative estimate of drug-likeness (QED) is 0.194. The van der Waals surface area contributed by atoms with Crippen LogP contribution < -0.4 is 11.2 Å². The first-order valence-corrected chi connectivity index (χ1v) is 13.0. The number of fused-ring (bicyclic) bond motifs is 1. The van der Waals surface area contributed by atoms with Gasteiger partial charge >= 0.3 is 0 Å². The molecule has 11 heteroatoms. The summed E-state index contributed by atoms with van der Waals surface area (Å²) in [5, 5.41) is 13.3. The third-order valence-electron chi connectivity index (χ3n) is 5.13. The zero-order chi connectivity index (χ0) is 24.5. The van der Waals surface area contributed by atoms with Gasteiger partial charge in [-0.05, 0) is 67.1 Å². The molecule has 1 amide bonds. The Hall–Kier alpha value is -3.11. The number of thioether (sulfide) groups is 1. The number of aryl methyl sites for hydroxylation is 1. The number of carbonyl (C=O) groups is 1. The van der Waals surface area contributed by atoms with Gasteiger partial charge in [0.15, 0.2) is 5.82 Å². The van der Waals surface area contributed by atoms with Crippen molar-refractivity contribution in [3.8, 4) is 22.0 Å². The molecule has 0 atom stereocenters. The minimum Gasteiger partial charge on any atom is -0.335 e. The van der Waals surface area contributed by atoms with E-state index in [1.807, 2.05) is 30.3 Å². The van der Waals surface area contributed by atoms with Crippen LogP contribution in [0.15, 0.2) is 65.8 Å². The molecule has 0 bridgehead atoms. The number of hydrogen-bond acceptors (Lipinski definition) is 7. The molecule has 35 heavy (non-hydrogen) atoms. The fourth-order valence-corrected chi connectivity index (χ4v) is 5.63. The Morgan fingerprint density at radius 3 is 2.66 bits per heavy atom. The second-order valence-electron chi connectivity index (χ2n) is 7.70. The van der Waals surface area contributed by atoms with E-state index in [0.29, 0.717) is 32.3 Å². The van der Waals surface area contributed by atoms with Crippen molar-refractivity contribution in [3.63, 3.8) is 0 Å². The summed E-state index contributed by atoms with van der Waals surface area (Å²) in [4.78, 5) is 17.2. The monoisotopic (exact) mass is 540 g/mol. The summed E-state index contributed by atoms with van der Waals surface area (Å²) in [5.74, 6) is 6.44. The van der Waals surface area contributed by atoms with Gasteiger partial charge < -0.3 is 11.2 Å². The normalized spacial score (nSPS) is 11.2. The average Bonchev–Trinajstić information content (AvgIpc) is 3.41. The van der Waals surface area contributed by atoms with Crippen LogP contribution in [-0.2, 0) is 4.79 Å². The van der Waals surface area contributed by atoms with Crippen molar-refractivity contribution in [2.45, 2.75) is 12.1 Å². The minimum atomic E-state index is -0.188. The van der Waals surface area contributed by atoms with Crippen molar-refractivity contribution in [2.75, 3.05) is 16.9 Å². The topological polar surface area (TPSA) is 98.7 Å². The van der Waals surface area contributed by atoms with Gasteiger partial charge in [0.1, 0.15) is 5.01 Å². The fraction of sp³-hybridized carbons (Fsp3) is 0.0833. The van der Waals surface area contributed by atoms with Crippen molar-refractivity contribution in [3.05, 3.63) is 76.3 Å². The number of aromatic nitrogens is 4. The molecule has 7 nitrogen and oxygen atoms in total. The number of amides is 1. The highest BCUT2D eigenvalue weighted by Gasteiger charge is 2.16. The van der Waals surface area contributed by atoms with Gasteiger partial charge in [-0.2, -0.15) is 0 Å². The molecule has 0 radical (unpaired) electrons. The molecule has 3 N–H and O–H groups in total. The Bertz CT molecular complexity index is 1550. The summed E-state index contributed by atoms with van der Waals surface area (Å²) in [6, 6.07) is 18.9. The van der Waals surface area contributed by atoms with E-state index in [1.165, 1.54) is 22.0 Å². The lowest BCUT2D eigenvalue weighted by atomic mass is 10.2. The number of benzene rings is 3. The van der Waals surface area contributed by atoms with Crippen LogP contribution in [0.25, 0.3) is 32.2 Å². The molecule has 3 aromatic carbocycles. The molecule has 0 fully saturated rings. The van der Waals surface area contributed by atoms with E-state index in [-0.39, 0.29) is 11.7 Å². The second kappa shape index (κ2) is 9.87. The van der Waals surface area contributed by atoms with Gasteiger partial charge in [0.25, 0.3) is 0 Å². The number of carbonyl (C=O) groups excluding carboxylic acids is 1. The predicted molar refractivity (Wildman–Crippen MR) is 145 cm³/mol. The van der Waals surface area contributed by atoms with Crippen LogP contribution in [0.4, 0.5) is 5.69 Å². The van der Waals surface area contributed by atoms with Gasteiger partial charge in [-0.25, -0.2) is 9.66 Å². The molecular weight excluding hydrogens is 523 g/mol. The van der Waals surface area contributed by atoms with Crippen LogP contribution in [0.1, 0.15) is 5.56 Å². The molecule has 2 aromatic heterocycles. The van der Waals surface area contributed by atoms with Crippen LogP contribution in [0.5, 0.6) is 0 Å². The number of hydrogen-bond donors (Lipinski definition) is 2. The van der Waals surface area contributed by atoms with E-state index in [4.69, 9.17) is 34.0 Å². The smallest absolute Gasteiger partial charge is 0.234 e. The van der Waals surface area contributed by atoms with E-state index in [9.17, 15) is 4.79 Å². The first-order chi connectivity index (χ1) is 16.9. The molecule has 0 saturated carbocycles. The third kappa shape index (κ3) is 5.13. The molecule has 5 rings (SSSR count). The van der Waals surface area contributed by atoms with Gasteiger partial charge in [0, 0.05) is 21.8 Å². The van der Waals surface area contributed by atoms with E-state index >= 15 is 0 Å². The highest BCUT2D eigenvalue weighted by Crippen LogP contribution is 2.32. The largest absolute Gasteiger partial charge is 0.335 e. The Balaban J connectivity index is 1.22. The van der Waals surface area contributed by atoms with Crippen molar-refractivity contribution in [1.82, 2.24) is 19.9 Å². The molecule has 0 aliphatic carbocycles. The number of thiazole rings is 1. The molecule has 176 valence electrons. The summed E-state index contributed by atoms with van der Waals surface area (Å²) < 4.78 is 2.46. The molecule has 2 heterocycles. The molecule has 0 aliphatic heterocycles. The maximum Gasteiger partial charge on any atom is 0.234 e. The minimum absolute atomic E-state index is 0.114. The first kappa shape index (κ1) is 23.6. The number of nitrogens with zero attached hydrogens (tertiary/aromatic N) is 4. The molecular formula is C24H18Cl2N6OS2. The maximum absolute atomic E-state index is 12.5. The van der Waals surface area contributed by atoms with Crippen molar-refractivity contribution < 1.29 is 4.79 Å². The Kier molecular flexibility index (Phi) is 6.66. The van der Waals surface area contributed by atoms with Gasteiger partial charge in [-0.15, -0.1) is 21.5 Å². The van der Waals surface area contributed by atoms with Crippen molar-refractivity contribution >= 4 is 68.1 Å². The number of halogens is 2. The second-order valence-corrected chi connectivity index (χ2v) is 10.5. The molecule has 0 saturated heterocycles. The van der Waals surface area contributed by atoms with Gasteiger partial charge in [-0.1, -0.05) is 41.0 Å². The lowest BCUT2D eigenvalue weighted by molar-refractivity contribution is -0.113. The fourth-order valence-electron chi connectivity index (χ4n) is 3.41. The molecule has 0 unspecified atom stereocenters. The van der Waals surface area contributed by atoms with Gasteiger partial charge in [-0.3, -0.25) is 4.79 Å². The Labute approximate surface area is 219 Å². The first-order valence-electron chi connectivity index (χ1n) is 10.4. The highest BCUT2D eigenvalue weighted by molar-refractivity contribution is 7.99. The van der Waals surface area contributed by atoms with E-state index in [0.717, 1.165) is 20.8 Å². The number of rotatable bonds is 6. The number of nitrogens with two attached hydrogens (primary N) is 1. The highest BCUT2D eigenvalue weighted by atomic mass is 35.5. The van der Waals surface area contributed by atoms with Gasteiger partial charge in [0.2, 0.25) is 11.1 Å². The SMILES string of the molecule is Cc1ccc2nc(-c3ccc(NC(=O)CSc4nnc(-c5ccc(Cl)cc5Cl)n4N)cc3)sc2c1. The zero-order valence-corrected chi connectivity index (χ0v) is 21.5. The number of anilines is 1. The number of nitrogens with one attached hydrogen (secondary N) is 1. The summed E-state index contributed by atoms with van der Waals surface area (Å²) in [7, 11) is 0. The standard InChI is InChI=1S/C24H18Cl2N6OS2/c1-13-2-9-19-20(10-13)35-23(29-19)14-3-6-16(7-4-14)28-21(33)12-34-24-31-30-22(32(24)27)17-8-5-15(25)11-18(17)26/h2-11H,12,27H2,1H3,(H,28,33). The third-order valence-corrected chi connectivity index (χ3v) is 7.69. The summed E-state index contributed by atoms with van der Waals surface area (Å²) >= 11 is 15.0. The maximum atomic E-state index is 12.5. The van der Waals surface area contributed by atoms with Crippen molar-refractivity contribution in [2.24, 2.45) is 0 Å². The molecule has 0 spiro atoms. The van der Waals surface area contributed by atoms with Crippen LogP contribution in [-0.4, -0.2) is 31.5 Å². The van der Waals surface area contributed by atoms with E-state index in [2.05, 4.69) is 34.6 Å². The van der Waals surface area contributed by atoms with Gasteiger partial charge in [0.05, 0.1) is 21.0 Å². The van der Waals surface area contributed by atoms with Crippen molar-refractivity contribution in [1.29, 1.82) is 0 Å². The summed E-state index contributed by atoms with van der Waals surface area (Å²) in [6.07, 6.45) is 0. The van der Waals surface area contributed by atoms with Crippen LogP contribution in [0.2, 0.25) is 10.0 Å². The van der Waals surface area contributed by atoms with Crippen LogP contribution >= 0.6 is 46.3 Å².